The standard InChI is InChI=1S/C13H14N2O6S/c1-20-8-5-7-10(6-9(8)21-2)22(18,19)4-3-13(7)11(16)14-12(17)15-13/h5-6H,3-4H2,1-2H3,(H2,14,15,16,17). The lowest BCUT2D eigenvalue weighted by atomic mass is 9.86. The zero-order valence-corrected chi connectivity index (χ0v) is 12.7. The highest BCUT2D eigenvalue weighted by atomic mass is 32.2. The fraction of sp³-hybridized carbons (Fsp3) is 0.385. The molecule has 0 bridgehead atoms. The summed E-state index contributed by atoms with van der Waals surface area (Å²) < 4.78 is 34.9. The number of nitrogens with one attached hydrogen (secondary N) is 2. The minimum absolute atomic E-state index is 0.0324. The summed E-state index contributed by atoms with van der Waals surface area (Å²) in [5, 5.41) is 4.70. The molecule has 0 saturated carbocycles. The first kappa shape index (κ1) is 14.6. The van der Waals surface area contributed by atoms with Gasteiger partial charge >= 0.3 is 6.03 Å². The van der Waals surface area contributed by atoms with E-state index in [4.69, 9.17) is 9.47 Å². The van der Waals surface area contributed by atoms with E-state index in [1.165, 1.54) is 26.4 Å². The predicted octanol–water partition coefficient (Wildman–Crippen LogP) is -0.0841. The normalized spacial score (nSPS) is 25.4. The van der Waals surface area contributed by atoms with Gasteiger partial charge in [-0.1, -0.05) is 0 Å². The third kappa shape index (κ3) is 1.85. The third-order valence-corrected chi connectivity index (χ3v) is 5.72. The van der Waals surface area contributed by atoms with Gasteiger partial charge in [-0.05, 0) is 12.5 Å². The zero-order chi connectivity index (χ0) is 16.1. The number of urea groups is 1. The number of carbonyl (C=O) groups is 2. The van der Waals surface area contributed by atoms with E-state index >= 15 is 0 Å². The number of ether oxygens (including phenoxy) is 2. The van der Waals surface area contributed by atoms with Crippen LogP contribution in [0.2, 0.25) is 0 Å². The molecule has 2 heterocycles. The van der Waals surface area contributed by atoms with Crippen molar-refractivity contribution in [3.05, 3.63) is 17.7 Å². The van der Waals surface area contributed by atoms with Crippen molar-refractivity contribution in [3.8, 4) is 11.5 Å². The van der Waals surface area contributed by atoms with Gasteiger partial charge in [0.2, 0.25) is 0 Å². The molecule has 2 N–H and O–H groups in total. The van der Waals surface area contributed by atoms with Gasteiger partial charge in [-0.2, -0.15) is 0 Å². The van der Waals surface area contributed by atoms with Crippen molar-refractivity contribution < 1.29 is 27.5 Å². The van der Waals surface area contributed by atoms with E-state index in [1.807, 2.05) is 0 Å². The Morgan fingerprint density at radius 1 is 1.14 bits per heavy atom. The van der Waals surface area contributed by atoms with Crippen LogP contribution in [0.15, 0.2) is 17.0 Å². The molecule has 0 aliphatic carbocycles. The maximum atomic E-state index is 12.3. The van der Waals surface area contributed by atoms with Gasteiger partial charge in [-0.3, -0.25) is 10.1 Å². The number of rotatable bonds is 2. The predicted molar refractivity (Wildman–Crippen MR) is 74.6 cm³/mol. The molecule has 1 atom stereocenters. The lowest BCUT2D eigenvalue weighted by Crippen LogP contribution is -2.48. The average Bonchev–Trinajstić information content (AvgIpc) is 2.77. The summed E-state index contributed by atoms with van der Waals surface area (Å²) in [4.78, 5) is 23.7. The van der Waals surface area contributed by atoms with Crippen LogP contribution in [0, 0.1) is 0 Å². The molecule has 1 unspecified atom stereocenters. The molecule has 0 aromatic heterocycles. The number of benzene rings is 1. The molecule has 1 fully saturated rings. The van der Waals surface area contributed by atoms with Crippen molar-refractivity contribution in [2.75, 3.05) is 20.0 Å². The average molecular weight is 326 g/mol. The molecule has 2 aliphatic rings. The third-order valence-electron chi connectivity index (χ3n) is 3.97. The molecule has 2 aliphatic heterocycles. The molecular formula is C13H14N2O6S. The quantitative estimate of drug-likeness (QED) is 0.735. The topological polar surface area (TPSA) is 111 Å². The first-order valence-corrected chi connectivity index (χ1v) is 8.12. The first-order valence-electron chi connectivity index (χ1n) is 6.47. The molecule has 9 heteroatoms. The smallest absolute Gasteiger partial charge is 0.322 e. The number of fused-ring (bicyclic) bond motifs is 2. The molecular weight excluding hydrogens is 312 g/mol. The highest BCUT2D eigenvalue weighted by molar-refractivity contribution is 7.91. The van der Waals surface area contributed by atoms with E-state index in [1.54, 1.807) is 0 Å². The van der Waals surface area contributed by atoms with E-state index in [-0.39, 0.29) is 34.1 Å². The Hall–Kier alpha value is -2.29. The molecule has 0 radical (unpaired) electrons. The molecule has 3 amide bonds. The van der Waals surface area contributed by atoms with Crippen molar-refractivity contribution in [3.63, 3.8) is 0 Å². The fourth-order valence-corrected chi connectivity index (χ4v) is 4.49. The van der Waals surface area contributed by atoms with Crippen LogP contribution in [-0.2, 0) is 20.2 Å². The highest BCUT2D eigenvalue weighted by Crippen LogP contribution is 2.44. The van der Waals surface area contributed by atoms with E-state index in [9.17, 15) is 18.0 Å². The van der Waals surface area contributed by atoms with Gasteiger partial charge in [0.25, 0.3) is 5.91 Å². The number of hydrogen-bond acceptors (Lipinski definition) is 6. The van der Waals surface area contributed by atoms with Crippen molar-refractivity contribution in [2.45, 2.75) is 16.9 Å². The maximum Gasteiger partial charge on any atom is 0.322 e. The second-order valence-electron chi connectivity index (χ2n) is 5.09. The van der Waals surface area contributed by atoms with Crippen LogP contribution in [0.4, 0.5) is 4.79 Å². The summed E-state index contributed by atoms with van der Waals surface area (Å²) in [6.45, 7) is 0. The number of imide groups is 1. The summed E-state index contributed by atoms with van der Waals surface area (Å²) >= 11 is 0. The zero-order valence-electron chi connectivity index (χ0n) is 11.9. The van der Waals surface area contributed by atoms with Gasteiger partial charge in [0.1, 0.15) is 5.54 Å². The number of methoxy groups -OCH3 is 2. The summed E-state index contributed by atoms with van der Waals surface area (Å²) in [5.74, 6) is -0.289. The number of amides is 3. The molecule has 3 rings (SSSR count). The number of sulfone groups is 1. The summed E-state index contributed by atoms with van der Waals surface area (Å²) in [5.41, 5.74) is -1.20. The van der Waals surface area contributed by atoms with Crippen LogP contribution in [0.1, 0.15) is 12.0 Å². The second-order valence-corrected chi connectivity index (χ2v) is 7.16. The maximum absolute atomic E-state index is 12.3. The summed E-state index contributed by atoms with van der Waals surface area (Å²) in [6.07, 6.45) is -0.0324. The minimum Gasteiger partial charge on any atom is -0.493 e. The Labute approximate surface area is 126 Å². The van der Waals surface area contributed by atoms with E-state index in [2.05, 4.69) is 10.6 Å². The Morgan fingerprint density at radius 2 is 1.77 bits per heavy atom. The molecule has 118 valence electrons. The van der Waals surface area contributed by atoms with Crippen LogP contribution in [0.3, 0.4) is 0 Å². The SMILES string of the molecule is COc1cc2c(cc1OC)S(=O)(=O)CCC21NC(=O)NC1=O. The van der Waals surface area contributed by atoms with E-state index < -0.39 is 27.3 Å². The van der Waals surface area contributed by atoms with Gasteiger partial charge in [-0.25, -0.2) is 13.2 Å². The van der Waals surface area contributed by atoms with Crippen LogP contribution in [0.25, 0.3) is 0 Å². The lowest BCUT2D eigenvalue weighted by molar-refractivity contribution is -0.124. The van der Waals surface area contributed by atoms with Crippen LogP contribution < -0.4 is 20.1 Å². The Balaban J connectivity index is 2.32. The van der Waals surface area contributed by atoms with Crippen molar-refractivity contribution in [1.29, 1.82) is 0 Å². The number of carbonyl (C=O) groups excluding carboxylic acids is 2. The van der Waals surface area contributed by atoms with Crippen LogP contribution >= 0.6 is 0 Å². The van der Waals surface area contributed by atoms with E-state index in [0.717, 1.165) is 0 Å². The van der Waals surface area contributed by atoms with Gasteiger partial charge in [0, 0.05) is 11.6 Å². The number of hydrogen-bond donors (Lipinski definition) is 2. The molecule has 22 heavy (non-hydrogen) atoms. The molecule has 8 nitrogen and oxygen atoms in total. The monoisotopic (exact) mass is 326 g/mol. The minimum atomic E-state index is -3.57. The van der Waals surface area contributed by atoms with Crippen LogP contribution in [-0.4, -0.2) is 40.3 Å². The van der Waals surface area contributed by atoms with E-state index in [0.29, 0.717) is 0 Å². The summed E-state index contributed by atoms with van der Waals surface area (Å²) in [6, 6.07) is 2.10. The summed E-state index contributed by atoms with van der Waals surface area (Å²) in [7, 11) is -0.778. The van der Waals surface area contributed by atoms with Crippen molar-refractivity contribution >= 4 is 21.8 Å². The Morgan fingerprint density at radius 3 is 2.32 bits per heavy atom. The first-order chi connectivity index (χ1) is 10.3. The Bertz CT molecular complexity index is 788. The van der Waals surface area contributed by atoms with Gasteiger partial charge in [0.05, 0.1) is 24.9 Å². The van der Waals surface area contributed by atoms with Gasteiger partial charge in [0.15, 0.2) is 21.3 Å². The molecule has 1 spiro atoms. The Kier molecular flexibility index (Phi) is 3.06. The largest absolute Gasteiger partial charge is 0.493 e. The lowest BCUT2D eigenvalue weighted by Gasteiger charge is -2.33. The van der Waals surface area contributed by atoms with Gasteiger partial charge < -0.3 is 14.8 Å². The molecule has 1 aromatic rings. The van der Waals surface area contributed by atoms with Crippen molar-refractivity contribution in [1.82, 2.24) is 10.6 Å². The highest BCUT2D eigenvalue weighted by Gasteiger charge is 2.53. The fourth-order valence-electron chi connectivity index (χ4n) is 2.84. The second kappa shape index (κ2) is 4.60. The van der Waals surface area contributed by atoms with Gasteiger partial charge in [-0.15, -0.1) is 0 Å². The van der Waals surface area contributed by atoms with Crippen LogP contribution in [0.5, 0.6) is 11.5 Å². The molecule has 1 aromatic carbocycles. The molecule has 1 saturated heterocycles. The van der Waals surface area contributed by atoms with Crippen molar-refractivity contribution in [2.24, 2.45) is 0 Å².